The number of nitrogens with two attached hydrogens (primary N) is 1. The fourth-order valence-electron chi connectivity index (χ4n) is 1.51. The molecular formula is C13H20N2O3. The van der Waals surface area contributed by atoms with Crippen molar-refractivity contribution in [2.75, 3.05) is 25.6 Å². The van der Waals surface area contributed by atoms with Gasteiger partial charge >= 0.3 is 0 Å². The van der Waals surface area contributed by atoms with Gasteiger partial charge in [0.2, 0.25) is 5.91 Å². The first-order valence-corrected chi connectivity index (χ1v) is 5.95. The summed E-state index contributed by atoms with van der Waals surface area (Å²) in [5, 5.41) is 2.79. The second-order valence-corrected chi connectivity index (χ2v) is 3.81. The van der Waals surface area contributed by atoms with Crippen LogP contribution in [0, 0.1) is 0 Å². The Hall–Kier alpha value is -1.59. The molecule has 0 spiro atoms. The van der Waals surface area contributed by atoms with E-state index in [0.29, 0.717) is 18.8 Å². The van der Waals surface area contributed by atoms with Crippen molar-refractivity contribution in [3.8, 4) is 5.75 Å². The van der Waals surface area contributed by atoms with E-state index in [-0.39, 0.29) is 18.4 Å². The Morgan fingerprint density at radius 3 is 2.89 bits per heavy atom. The normalized spacial score (nSPS) is 11.9. The quantitative estimate of drug-likeness (QED) is 0.769. The zero-order chi connectivity index (χ0) is 13.4. The Bertz CT molecular complexity index is 378. The Balaban J connectivity index is 2.55. The van der Waals surface area contributed by atoms with Gasteiger partial charge in [-0.2, -0.15) is 0 Å². The summed E-state index contributed by atoms with van der Waals surface area (Å²) in [6.07, 6.45) is -0.00800. The van der Waals surface area contributed by atoms with E-state index in [1.54, 1.807) is 13.2 Å². The van der Waals surface area contributed by atoms with Gasteiger partial charge < -0.3 is 20.5 Å². The van der Waals surface area contributed by atoms with E-state index in [1.807, 2.05) is 25.1 Å². The zero-order valence-corrected chi connectivity index (χ0v) is 10.8. The molecule has 100 valence electrons. The van der Waals surface area contributed by atoms with Crippen LogP contribution >= 0.6 is 0 Å². The Labute approximate surface area is 107 Å². The maximum atomic E-state index is 11.7. The molecule has 1 rings (SSSR count). The first-order valence-electron chi connectivity index (χ1n) is 5.95. The number of amides is 1. The zero-order valence-electron chi connectivity index (χ0n) is 10.8. The molecule has 0 heterocycles. The first kappa shape index (κ1) is 14.5. The van der Waals surface area contributed by atoms with E-state index in [2.05, 4.69) is 5.32 Å². The van der Waals surface area contributed by atoms with E-state index in [4.69, 9.17) is 15.2 Å². The molecule has 1 aromatic carbocycles. The van der Waals surface area contributed by atoms with E-state index < -0.39 is 0 Å². The predicted octanol–water partition coefficient (Wildman–Crippen LogP) is 1.39. The average Bonchev–Trinajstić information content (AvgIpc) is 2.36. The number of hydrogen-bond acceptors (Lipinski definition) is 4. The highest BCUT2D eigenvalue weighted by Crippen LogP contribution is 2.17. The molecule has 0 saturated carbocycles. The molecule has 0 aliphatic rings. The van der Waals surface area contributed by atoms with Crippen molar-refractivity contribution in [2.24, 2.45) is 5.73 Å². The number of benzene rings is 1. The van der Waals surface area contributed by atoms with Crippen molar-refractivity contribution < 1.29 is 14.3 Å². The van der Waals surface area contributed by atoms with Crippen LogP contribution in [0.15, 0.2) is 24.3 Å². The second kappa shape index (κ2) is 7.68. The van der Waals surface area contributed by atoms with Gasteiger partial charge in [0, 0.05) is 25.4 Å². The molecule has 0 saturated heterocycles. The third-order valence-corrected chi connectivity index (χ3v) is 2.44. The van der Waals surface area contributed by atoms with Crippen molar-refractivity contribution in [2.45, 2.75) is 19.4 Å². The van der Waals surface area contributed by atoms with E-state index >= 15 is 0 Å². The molecular weight excluding hydrogens is 232 g/mol. The number of hydrogen-bond donors (Lipinski definition) is 2. The summed E-state index contributed by atoms with van der Waals surface area (Å²) >= 11 is 0. The van der Waals surface area contributed by atoms with Crippen molar-refractivity contribution in [3.63, 3.8) is 0 Å². The van der Waals surface area contributed by atoms with E-state index in [1.165, 1.54) is 0 Å². The summed E-state index contributed by atoms with van der Waals surface area (Å²) in [7, 11) is 1.54. The summed E-state index contributed by atoms with van der Waals surface area (Å²) in [6, 6.07) is 7.27. The molecule has 1 amide bonds. The topological polar surface area (TPSA) is 73.6 Å². The standard InChI is InChI=1S/C13H20N2O3/c1-3-18-11-6-4-5-10(7-11)15-13(16)8-12(9-14)17-2/h4-7,12H,3,8-9,14H2,1-2H3,(H,15,16). The van der Waals surface area contributed by atoms with Crippen LogP contribution in [0.5, 0.6) is 5.75 Å². The summed E-state index contributed by atoms with van der Waals surface area (Å²) in [5.74, 6) is 0.610. The fraction of sp³-hybridized carbons (Fsp3) is 0.462. The molecule has 0 bridgehead atoms. The Morgan fingerprint density at radius 2 is 2.28 bits per heavy atom. The third-order valence-electron chi connectivity index (χ3n) is 2.44. The SMILES string of the molecule is CCOc1cccc(NC(=O)CC(CN)OC)c1. The van der Waals surface area contributed by atoms with Crippen LogP contribution in [0.25, 0.3) is 0 Å². The van der Waals surface area contributed by atoms with Gasteiger partial charge in [0.05, 0.1) is 19.1 Å². The van der Waals surface area contributed by atoms with Crippen LogP contribution in [-0.4, -0.2) is 32.3 Å². The van der Waals surface area contributed by atoms with E-state index in [0.717, 1.165) is 5.75 Å². The summed E-state index contributed by atoms with van der Waals surface area (Å²) in [6.45, 7) is 2.83. The van der Waals surface area contributed by atoms with Gasteiger partial charge in [0.25, 0.3) is 0 Å². The van der Waals surface area contributed by atoms with Crippen LogP contribution < -0.4 is 15.8 Å². The minimum absolute atomic E-state index is 0.124. The molecule has 0 fully saturated rings. The van der Waals surface area contributed by atoms with Crippen molar-refractivity contribution in [3.05, 3.63) is 24.3 Å². The minimum atomic E-state index is -0.250. The molecule has 0 aliphatic carbocycles. The fourth-order valence-corrected chi connectivity index (χ4v) is 1.51. The Kier molecular flexibility index (Phi) is 6.18. The van der Waals surface area contributed by atoms with Crippen molar-refractivity contribution in [1.29, 1.82) is 0 Å². The lowest BCUT2D eigenvalue weighted by atomic mass is 10.2. The summed E-state index contributed by atoms with van der Waals surface area (Å²) in [4.78, 5) is 11.7. The Morgan fingerprint density at radius 1 is 1.50 bits per heavy atom. The summed E-state index contributed by atoms with van der Waals surface area (Å²) in [5.41, 5.74) is 6.17. The number of ether oxygens (including phenoxy) is 2. The molecule has 0 radical (unpaired) electrons. The third kappa shape index (κ3) is 4.73. The minimum Gasteiger partial charge on any atom is -0.494 e. The number of methoxy groups -OCH3 is 1. The number of carbonyl (C=O) groups excluding carboxylic acids is 1. The van der Waals surface area contributed by atoms with Crippen LogP contribution in [-0.2, 0) is 9.53 Å². The van der Waals surface area contributed by atoms with Gasteiger partial charge in [-0.15, -0.1) is 0 Å². The molecule has 5 heteroatoms. The maximum absolute atomic E-state index is 11.7. The number of carbonyl (C=O) groups is 1. The molecule has 18 heavy (non-hydrogen) atoms. The van der Waals surface area contributed by atoms with Gasteiger partial charge in [-0.25, -0.2) is 0 Å². The van der Waals surface area contributed by atoms with Gasteiger partial charge in [-0.3, -0.25) is 4.79 Å². The van der Waals surface area contributed by atoms with Gasteiger partial charge in [-0.1, -0.05) is 6.07 Å². The van der Waals surface area contributed by atoms with Crippen LogP contribution in [0.1, 0.15) is 13.3 Å². The highest BCUT2D eigenvalue weighted by Gasteiger charge is 2.11. The van der Waals surface area contributed by atoms with E-state index in [9.17, 15) is 4.79 Å². The maximum Gasteiger partial charge on any atom is 0.227 e. The van der Waals surface area contributed by atoms with Gasteiger partial charge in [0.15, 0.2) is 0 Å². The van der Waals surface area contributed by atoms with Crippen LogP contribution in [0.2, 0.25) is 0 Å². The first-order chi connectivity index (χ1) is 8.69. The molecule has 1 unspecified atom stereocenters. The predicted molar refractivity (Wildman–Crippen MR) is 70.7 cm³/mol. The summed E-state index contributed by atoms with van der Waals surface area (Å²) < 4.78 is 10.4. The van der Waals surface area contributed by atoms with Crippen molar-refractivity contribution >= 4 is 11.6 Å². The number of rotatable bonds is 7. The highest BCUT2D eigenvalue weighted by atomic mass is 16.5. The highest BCUT2D eigenvalue weighted by molar-refractivity contribution is 5.91. The van der Waals surface area contributed by atoms with Crippen molar-refractivity contribution in [1.82, 2.24) is 0 Å². The lowest BCUT2D eigenvalue weighted by Gasteiger charge is -2.13. The molecule has 0 aliphatic heterocycles. The molecule has 1 aromatic rings. The average molecular weight is 252 g/mol. The second-order valence-electron chi connectivity index (χ2n) is 3.81. The van der Waals surface area contributed by atoms with Crippen LogP contribution in [0.4, 0.5) is 5.69 Å². The lowest BCUT2D eigenvalue weighted by molar-refractivity contribution is -0.118. The van der Waals surface area contributed by atoms with Gasteiger partial charge in [-0.05, 0) is 19.1 Å². The molecule has 3 N–H and O–H groups in total. The molecule has 1 atom stereocenters. The number of nitrogens with one attached hydrogen (secondary N) is 1. The lowest BCUT2D eigenvalue weighted by Crippen LogP contribution is -2.28. The smallest absolute Gasteiger partial charge is 0.227 e. The monoisotopic (exact) mass is 252 g/mol. The molecule has 0 aromatic heterocycles. The molecule has 5 nitrogen and oxygen atoms in total. The number of anilines is 1. The van der Waals surface area contributed by atoms with Gasteiger partial charge in [0.1, 0.15) is 5.75 Å². The van der Waals surface area contributed by atoms with Crippen LogP contribution in [0.3, 0.4) is 0 Å². The largest absolute Gasteiger partial charge is 0.494 e.